The largest absolute Gasteiger partial charge is 0.301 e. The normalized spacial score (nSPS) is 11.3. The Morgan fingerprint density at radius 3 is 2.44 bits per heavy atom. The van der Waals surface area contributed by atoms with E-state index >= 15 is 0 Å². The second-order valence-corrected chi connectivity index (χ2v) is 9.51. The predicted molar refractivity (Wildman–Crippen MR) is 143 cm³/mol. The van der Waals surface area contributed by atoms with Crippen LogP contribution >= 0.6 is 34.5 Å². The van der Waals surface area contributed by atoms with Crippen LogP contribution in [0.5, 0.6) is 0 Å². The van der Waals surface area contributed by atoms with Crippen molar-refractivity contribution in [2.24, 2.45) is 10.2 Å². The fraction of sp³-hybridized carbons (Fsp3) is 0.0385. The van der Waals surface area contributed by atoms with Crippen LogP contribution in [0.2, 0.25) is 10.0 Å². The number of ketones is 1. The molecule has 7 nitrogen and oxygen atoms in total. The summed E-state index contributed by atoms with van der Waals surface area (Å²) in [5, 5.41) is 14.8. The van der Waals surface area contributed by atoms with Crippen molar-refractivity contribution in [3.63, 3.8) is 0 Å². The monoisotopic (exact) mass is 533 g/mol. The van der Waals surface area contributed by atoms with Crippen LogP contribution in [0.15, 0.2) is 93.2 Å². The lowest BCUT2D eigenvalue weighted by Gasteiger charge is -2.05. The molecule has 3 aromatic carbocycles. The molecule has 0 saturated heterocycles. The average molecular weight is 534 g/mol. The summed E-state index contributed by atoms with van der Waals surface area (Å²) in [6.45, 7) is 1.72. The van der Waals surface area contributed by atoms with E-state index in [1.807, 2.05) is 23.6 Å². The van der Waals surface area contributed by atoms with Gasteiger partial charge in [0.25, 0.3) is 0 Å². The van der Waals surface area contributed by atoms with E-state index in [2.05, 4.69) is 20.3 Å². The number of hydrogen-bond acceptors (Lipinski definition) is 6. The third kappa shape index (κ3) is 4.79. The zero-order valence-corrected chi connectivity index (χ0v) is 21.1. The van der Waals surface area contributed by atoms with Gasteiger partial charge < -0.3 is 0 Å². The van der Waals surface area contributed by atoms with Crippen LogP contribution in [0.4, 0.5) is 11.4 Å². The first-order valence-corrected chi connectivity index (χ1v) is 12.4. The van der Waals surface area contributed by atoms with Gasteiger partial charge in [0, 0.05) is 26.6 Å². The van der Waals surface area contributed by atoms with Gasteiger partial charge >= 0.3 is 5.56 Å². The summed E-state index contributed by atoms with van der Waals surface area (Å²) >= 11 is 13.4. The van der Waals surface area contributed by atoms with Crippen molar-refractivity contribution in [1.82, 2.24) is 14.8 Å². The third-order valence-electron chi connectivity index (χ3n) is 5.36. The highest BCUT2D eigenvalue weighted by Crippen LogP contribution is 2.29. The Kier molecular flexibility index (Phi) is 6.65. The van der Waals surface area contributed by atoms with Gasteiger partial charge in [-0.25, -0.2) is 4.98 Å². The van der Waals surface area contributed by atoms with Crippen molar-refractivity contribution in [3.05, 3.63) is 115 Å². The first-order valence-electron chi connectivity index (χ1n) is 10.8. The highest BCUT2D eigenvalue weighted by molar-refractivity contribution is 7.12. The first-order chi connectivity index (χ1) is 17.4. The number of nitrogens with one attached hydrogen (secondary N) is 1. The van der Waals surface area contributed by atoms with E-state index < -0.39 is 5.56 Å². The Morgan fingerprint density at radius 2 is 1.69 bits per heavy atom. The predicted octanol–water partition coefficient (Wildman–Crippen LogP) is 7.55. The molecule has 0 spiro atoms. The Labute approximate surface area is 219 Å². The van der Waals surface area contributed by atoms with Gasteiger partial charge in [-0.3, -0.25) is 14.7 Å². The number of benzene rings is 3. The third-order valence-corrected chi connectivity index (χ3v) is 6.67. The number of rotatable bonds is 6. The topological polar surface area (TPSA) is 92.5 Å². The molecule has 5 rings (SSSR count). The molecule has 0 amide bonds. The Bertz CT molecular complexity index is 1650. The SMILES string of the molecule is Cc1[nH]n(-c2nc(-c3ccc(Cl)cc3)cs2)c(=O)c1N=Nc1ccc(Cl)cc1C(=O)c1ccccc1. The van der Waals surface area contributed by atoms with Gasteiger partial charge in [0.1, 0.15) is 0 Å². The van der Waals surface area contributed by atoms with Gasteiger partial charge in [-0.05, 0) is 37.3 Å². The Hall–Kier alpha value is -3.85. The van der Waals surface area contributed by atoms with Crippen LogP contribution in [0.3, 0.4) is 0 Å². The number of carbonyl (C=O) groups excluding carboxylic acids is 1. The van der Waals surface area contributed by atoms with Crippen molar-refractivity contribution >= 4 is 51.7 Å². The molecule has 0 saturated carbocycles. The van der Waals surface area contributed by atoms with Crippen molar-refractivity contribution in [1.29, 1.82) is 0 Å². The van der Waals surface area contributed by atoms with Crippen molar-refractivity contribution in [2.45, 2.75) is 6.92 Å². The number of halogens is 2. The van der Waals surface area contributed by atoms with Gasteiger partial charge in [-0.15, -0.1) is 21.6 Å². The smallest absolute Gasteiger partial charge is 0.291 e. The second kappa shape index (κ2) is 10.0. The lowest BCUT2D eigenvalue weighted by molar-refractivity contribution is 0.103. The molecule has 0 aliphatic carbocycles. The van der Waals surface area contributed by atoms with E-state index in [1.54, 1.807) is 61.5 Å². The van der Waals surface area contributed by atoms with Gasteiger partial charge in [0.2, 0.25) is 5.13 Å². The minimum absolute atomic E-state index is 0.117. The summed E-state index contributed by atoms with van der Waals surface area (Å²) < 4.78 is 1.33. The molecule has 178 valence electrons. The lowest BCUT2D eigenvalue weighted by atomic mass is 10.0. The Morgan fingerprint density at radius 1 is 0.972 bits per heavy atom. The summed E-state index contributed by atoms with van der Waals surface area (Å²) in [6, 6.07) is 20.9. The van der Waals surface area contributed by atoms with Crippen LogP contribution in [0, 0.1) is 6.92 Å². The quantitative estimate of drug-likeness (QED) is 0.180. The van der Waals surface area contributed by atoms with E-state index in [-0.39, 0.29) is 11.5 Å². The zero-order chi connectivity index (χ0) is 25.2. The summed E-state index contributed by atoms with van der Waals surface area (Å²) in [4.78, 5) is 30.8. The van der Waals surface area contributed by atoms with E-state index in [0.29, 0.717) is 37.7 Å². The Balaban J connectivity index is 1.47. The molecule has 0 radical (unpaired) electrons. The van der Waals surface area contributed by atoms with Crippen LogP contribution in [-0.4, -0.2) is 20.5 Å². The average Bonchev–Trinajstić information content (AvgIpc) is 3.48. The van der Waals surface area contributed by atoms with Crippen LogP contribution in [0.25, 0.3) is 16.4 Å². The van der Waals surface area contributed by atoms with Gasteiger partial charge in [0.15, 0.2) is 11.5 Å². The van der Waals surface area contributed by atoms with Gasteiger partial charge in [-0.2, -0.15) is 4.68 Å². The molecular weight excluding hydrogens is 517 g/mol. The number of thiazole rings is 1. The maximum Gasteiger partial charge on any atom is 0.301 e. The van der Waals surface area contributed by atoms with E-state index in [1.165, 1.54) is 16.0 Å². The summed E-state index contributed by atoms with van der Waals surface area (Å²) in [7, 11) is 0. The van der Waals surface area contributed by atoms with Crippen molar-refractivity contribution < 1.29 is 4.79 Å². The number of carbonyl (C=O) groups is 1. The lowest BCUT2D eigenvalue weighted by Crippen LogP contribution is -2.13. The number of aromatic nitrogens is 3. The molecule has 0 fully saturated rings. The minimum atomic E-state index is -0.404. The van der Waals surface area contributed by atoms with E-state index in [9.17, 15) is 9.59 Å². The van der Waals surface area contributed by atoms with Crippen LogP contribution in [-0.2, 0) is 0 Å². The van der Waals surface area contributed by atoms with Gasteiger partial charge in [0.05, 0.1) is 22.6 Å². The summed E-state index contributed by atoms with van der Waals surface area (Å²) in [6.07, 6.45) is 0. The second-order valence-electron chi connectivity index (χ2n) is 7.80. The number of aryl methyl sites for hydroxylation is 1. The molecule has 0 atom stereocenters. The highest BCUT2D eigenvalue weighted by atomic mass is 35.5. The number of nitrogens with zero attached hydrogens (tertiary/aromatic N) is 4. The van der Waals surface area contributed by atoms with E-state index in [4.69, 9.17) is 23.2 Å². The molecule has 10 heteroatoms. The molecule has 0 aliphatic rings. The number of H-pyrrole nitrogens is 1. The summed E-state index contributed by atoms with van der Waals surface area (Å²) in [5.74, 6) is -0.243. The molecule has 1 N–H and O–H groups in total. The maximum absolute atomic E-state index is 13.1. The first kappa shape index (κ1) is 23.9. The molecule has 0 bridgehead atoms. The fourth-order valence-electron chi connectivity index (χ4n) is 3.54. The van der Waals surface area contributed by atoms with Crippen LogP contribution in [0.1, 0.15) is 21.6 Å². The molecule has 2 aromatic heterocycles. The molecular formula is C26H17Cl2N5O2S. The fourth-order valence-corrected chi connectivity index (χ4v) is 4.63. The molecule has 5 aromatic rings. The molecule has 0 unspecified atom stereocenters. The zero-order valence-electron chi connectivity index (χ0n) is 18.8. The van der Waals surface area contributed by atoms with Crippen molar-refractivity contribution in [2.75, 3.05) is 0 Å². The number of hydrogen-bond donors (Lipinski definition) is 1. The number of aromatic amines is 1. The molecule has 2 heterocycles. The number of azo groups is 1. The molecule has 0 aliphatic heterocycles. The van der Waals surface area contributed by atoms with Crippen LogP contribution < -0.4 is 5.56 Å². The van der Waals surface area contributed by atoms with Gasteiger partial charge in [-0.1, -0.05) is 65.7 Å². The summed E-state index contributed by atoms with van der Waals surface area (Å²) in [5.41, 5.74) is 2.92. The minimum Gasteiger partial charge on any atom is -0.291 e. The van der Waals surface area contributed by atoms with E-state index in [0.717, 1.165) is 11.3 Å². The van der Waals surface area contributed by atoms with Crippen molar-refractivity contribution in [3.8, 4) is 16.4 Å². The molecule has 36 heavy (non-hydrogen) atoms. The maximum atomic E-state index is 13.1. The highest BCUT2D eigenvalue weighted by Gasteiger charge is 2.17. The standard InChI is InChI=1S/C26H17Cl2N5O2S/c1-15-23(25(35)33(32-15)26-29-22(14-36-26)16-7-9-18(27)10-8-16)31-30-21-12-11-19(28)13-20(21)24(34)17-5-3-2-4-6-17/h2-14,32H,1H3.